The molecule has 1 atom stereocenters. The van der Waals surface area contributed by atoms with Gasteiger partial charge in [0, 0.05) is 24.2 Å². The first-order chi connectivity index (χ1) is 13.7. The zero-order valence-electron chi connectivity index (χ0n) is 15.9. The number of amides is 2. The van der Waals surface area contributed by atoms with Gasteiger partial charge in [-0.05, 0) is 67.5 Å². The summed E-state index contributed by atoms with van der Waals surface area (Å²) in [5.41, 5.74) is 2.88. The first kappa shape index (κ1) is 19.0. The lowest BCUT2D eigenvalue weighted by molar-refractivity contribution is -0.132. The number of fused-ring (bicyclic) bond motifs is 1. The molecule has 2 heterocycles. The van der Waals surface area contributed by atoms with E-state index in [0.717, 1.165) is 30.7 Å². The molecule has 28 heavy (non-hydrogen) atoms. The number of aromatic nitrogens is 1. The Morgan fingerprint density at radius 2 is 2.04 bits per heavy atom. The number of anilines is 1. The highest BCUT2D eigenvalue weighted by atomic mass is 32.2. The van der Waals surface area contributed by atoms with Crippen molar-refractivity contribution in [1.82, 2.24) is 9.88 Å². The van der Waals surface area contributed by atoms with Gasteiger partial charge in [0.15, 0.2) is 0 Å². The molecule has 1 aliphatic heterocycles. The number of benzene rings is 1. The van der Waals surface area contributed by atoms with E-state index in [2.05, 4.69) is 28.5 Å². The first-order valence-electron chi connectivity index (χ1n) is 9.93. The summed E-state index contributed by atoms with van der Waals surface area (Å²) < 4.78 is 0. The summed E-state index contributed by atoms with van der Waals surface area (Å²) >= 11 is 1.60. The van der Waals surface area contributed by atoms with Gasteiger partial charge in [-0.3, -0.25) is 9.59 Å². The average molecular weight is 396 g/mol. The van der Waals surface area contributed by atoms with Gasteiger partial charge in [-0.1, -0.05) is 12.1 Å². The maximum atomic E-state index is 12.7. The van der Waals surface area contributed by atoms with Crippen molar-refractivity contribution in [2.24, 2.45) is 5.92 Å². The fraction of sp³-hybridized carbons (Fsp3) is 0.409. The van der Waals surface area contributed by atoms with E-state index in [0.29, 0.717) is 18.1 Å². The van der Waals surface area contributed by atoms with Gasteiger partial charge in [0.2, 0.25) is 11.8 Å². The van der Waals surface area contributed by atoms with Gasteiger partial charge in [0.05, 0.1) is 11.7 Å². The van der Waals surface area contributed by atoms with Gasteiger partial charge >= 0.3 is 0 Å². The van der Waals surface area contributed by atoms with Gasteiger partial charge < -0.3 is 10.2 Å². The molecular formula is C22H25N3O2S. The predicted molar refractivity (Wildman–Crippen MR) is 111 cm³/mol. The molecule has 1 aromatic carbocycles. The third-order valence-corrected chi connectivity index (χ3v) is 6.47. The number of rotatable bonds is 5. The lowest BCUT2D eigenvalue weighted by Gasteiger charge is -2.32. The molecule has 4 rings (SSSR count). The van der Waals surface area contributed by atoms with Gasteiger partial charge in [0.1, 0.15) is 5.82 Å². The Kier molecular flexibility index (Phi) is 5.95. The Balaban J connectivity index is 1.30. The topological polar surface area (TPSA) is 62.3 Å². The smallest absolute Gasteiger partial charge is 0.232 e. The molecule has 5 nitrogen and oxygen atoms in total. The van der Waals surface area contributed by atoms with E-state index in [1.54, 1.807) is 24.0 Å². The molecule has 1 N–H and O–H groups in total. The van der Waals surface area contributed by atoms with Crippen molar-refractivity contribution in [3.63, 3.8) is 0 Å². The lowest BCUT2D eigenvalue weighted by Crippen LogP contribution is -2.44. The van der Waals surface area contributed by atoms with Crippen LogP contribution in [0.2, 0.25) is 0 Å². The summed E-state index contributed by atoms with van der Waals surface area (Å²) in [5, 5.41) is 2.86. The number of carbonyl (C=O) groups is 2. The molecule has 0 radical (unpaired) electrons. The van der Waals surface area contributed by atoms with Crippen molar-refractivity contribution >= 4 is 29.4 Å². The summed E-state index contributed by atoms with van der Waals surface area (Å²) in [5.74, 6) is 0.865. The van der Waals surface area contributed by atoms with Crippen LogP contribution in [0.1, 0.15) is 30.4 Å². The van der Waals surface area contributed by atoms with E-state index in [-0.39, 0.29) is 17.7 Å². The number of hydrogen-bond acceptors (Lipinski definition) is 4. The number of thioether (sulfide) groups is 1. The average Bonchev–Trinajstić information content (AvgIpc) is 3.20. The van der Waals surface area contributed by atoms with Gasteiger partial charge in [-0.15, -0.1) is 11.8 Å². The van der Waals surface area contributed by atoms with Gasteiger partial charge in [-0.2, -0.15) is 0 Å². The quantitative estimate of drug-likeness (QED) is 0.787. The second-order valence-electron chi connectivity index (χ2n) is 7.46. The van der Waals surface area contributed by atoms with E-state index in [1.807, 2.05) is 17.0 Å². The normalized spacial score (nSPS) is 18.6. The van der Waals surface area contributed by atoms with Crippen LogP contribution in [0.25, 0.3) is 0 Å². The molecule has 1 saturated heterocycles. The Morgan fingerprint density at radius 1 is 1.14 bits per heavy atom. The van der Waals surface area contributed by atoms with E-state index in [1.165, 1.54) is 24.0 Å². The molecule has 2 aliphatic rings. The number of nitrogens with zero attached hydrogens (tertiary/aromatic N) is 2. The van der Waals surface area contributed by atoms with Crippen LogP contribution in [0.5, 0.6) is 0 Å². The largest absolute Gasteiger partial charge is 0.341 e. The molecule has 146 valence electrons. The molecule has 0 spiro atoms. The van der Waals surface area contributed by atoms with Crippen molar-refractivity contribution in [3.8, 4) is 0 Å². The third-order valence-electron chi connectivity index (χ3n) is 5.49. The summed E-state index contributed by atoms with van der Waals surface area (Å²) in [6.45, 7) is 1.22. The second kappa shape index (κ2) is 8.78. The fourth-order valence-corrected chi connectivity index (χ4v) is 4.82. The van der Waals surface area contributed by atoms with Crippen molar-refractivity contribution in [2.75, 3.05) is 24.2 Å². The zero-order chi connectivity index (χ0) is 19.3. The number of carbonyl (C=O) groups excluding carboxylic acids is 2. The Hall–Kier alpha value is -2.34. The molecule has 2 aromatic rings. The van der Waals surface area contributed by atoms with Crippen molar-refractivity contribution in [1.29, 1.82) is 0 Å². The predicted octanol–water partition coefficient (Wildman–Crippen LogP) is 3.54. The van der Waals surface area contributed by atoms with Crippen LogP contribution in [0.15, 0.2) is 47.5 Å². The highest BCUT2D eigenvalue weighted by Crippen LogP contribution is 2.28. The Labute approximate surface area is 169 Å². The van der Waals surface area contributed by atoms with E-state index < -0.39 is 0 Å². The molecule has 1 aliphatic carbocycles. The SMILES string of the molecule is O=C(Nc1ccccn1)[C@@H]1CCCN(C(=O)CSc2ccc3c(c2)CCC3)C1. The maximum Gasteiger partial charge on any atom is 0.232 e. The summed E-state index contributed by atoms with van der Waals surface area (Å²) in [7, 11) is 0. The zero-order valence-corrected chi connectivity index (χ0v) is 16.7. The van der Waals surface area contributed by atoms with Crippen LogP contribution < -0.4 is 5.32 Å². The number of hydrogen-bond donors (Lipinski definition) is 1. The molecule has 0 saturated carbocycles. The number of aryl methyl sites for hydroxylation is 2. The standard InChI is InChI=1S/C22H25N3O2S/c26-21(15-28-19-10-9-16-5-3-6-17(16)13-19)25-12-4-7-18(14-25)22(27)24-20-8-1-2-11-23-20/h1-2,8-11,13,18H,3-7,12,14-15H2,(H,23,24,27)/t18-/m1/s1. The lowest BCUT2D eigenvalue weighted by atomic mass is 9.97. The molecule has 6 heteroatoms. The third kappa shape index (κ3) is 4.55. The number of likely N-dealkylation sites (tertiary alicyclic amines) is 1. The molecule has 1 fully saturated rings. The monoisotopic (exact) mass is 395 g/mol. The molecular weight excluding hydrogens is 370 g/mol. The highest BCUT2D eigenvalue weighted by molar-refractivity contribution is 8.00. The van der Waals surface area contributed by atoms with Crippen LogP contribution in [0.3, 0.4) is 0 Å². The van der Waals surface area contributed by atoms with Crippen molar-refractivity contribution in [2.45, 2.75) is 37.0 Å². The molecule has 1 aromatic heterocycles. The summed E-state index contributed by atoms with van der Waals surface area (Å²) in [6.07, 6.45) is 6.88. The van der Waals surface area contributed by atoms with Crippen LogP contribution >= 0.6 is 11.8 Å². The van der Waals surface area contributed by atoms with Gasteiger partial charge in [0.25, 0.3) is 0 Å². The highest BCUT2D eigenvalue weighted by Gasteiger charge is 2.28. The molecule has 0 unspecified atom stereocenters. The summed E-state index contributed by atoms with van der Waals surface area (Å²) in [6, 6.07) is 12.0. The van der Waals surface area contributed by atoms with Crippen molar-refractivity contribution < 1.29 is 9.59 Å². The maximum absolute atomic E-state index is 12.7. The first-order valence-corrected chi connectivity index (χ1v) is 10.9. The van der Waals surface area contributed by atoms with E-state index in [4.69, 9.17) is 0 Å². The van der Waals surface area contributed by atoms with Crippen LogP contribution in [0, 0.1) is 5.92 Å². The van der Waals surface area contributed by atoms with Crippen molar-refractivity contribution in [3.05, 3.63) is 53.7 Å². The fourth-order valence-electron chi connectivity index (χ4n) is 3.96. The van der Waals surface area contributed by atoms with Crippen LogP contribution in [-0.2, 0) is 22.4 Å². The number of piperidine rings is 1. The Bertz CT molecular complexity index is 856. The van der Waals surface area contributed by atoms with Gasteiger partial charge in [-0.25, -0.2) is 4.98 Å². The number of nitrogens with one attached hydrogen (secondary N) is 1. The van der Waals surface area contributed by atoms with Crippen LogP contribution in [-0.4, -0.2) is 40.5 Å². The minimum atomic E-state index is -0.176. The van der Waals surface area contributed by atoms with E-state index in [9.17, 15) is 9.59 Å². The van der Waals surface area contributed by atoms with Crippen LogP contribution in [0.4, 0.5) is 5.82 Å². The Morgan fingerprint density at radius 3 is 2.89 bits per heavy atom. The van der Waals surface area contributed by atoms with E-state index >= 15 is 0 Å². The minimum absolute atomic E-state index is 0.0533. The summed E-state index contributed by atoms with van der Waals surface area (Å²) in [4.78, 5) is 32.4. The molecule has 2 amide bonds. The minimum Gasteiger partial charge on any atom is -0.341 e. The molecule has 0 bridgehead atoms. The number of pyridine rings is 1. The second-order valence-corrected chi connectivity index (χ2v) is 8.50.